The average molecular weight is 192 g/mol. The molecule has 1 rings (SSSR count). The summed E-state index contributed by atoms with van der Waals surface area (Å²) in [6, 6.07) is 6.79. The van der Waals surface area contributed by atoms with E-state index in [0.29, 0.717) is 11.4 Å². The van der Waals surface area contributed by atoms with Crippen molar-refractivity contribution in [3.8, 4) is 0 Å². The van der Waals surface area contributed by atoms with Crippen LogP contribution in [0.3, 0.4) is 0 Å². The molecule has 0 radical (unpaired) electrons. The van der Waals surface area contributed by atoms with E-state index in [4.69, 9.17) is 10.5 Å². The van der Waals surface area contributed by atoms with Crippen LogP contribution < -0.4 is 11.1 Å². The number of hydrogen-bond donors (Lipinski definition) is 2. The Morgan fingerprint density at radius 3 is 2.71 bits per heavy atom. The monoisotopic (exact) mass is 192 g/mol. The molecule has 0 bridgehead atoms. The lowest BCUT2D eigenvalue weighted by molar-refractivity contribution is 0.174. The molecule has 0 saturated heterocycles. The van der Waals surface area contributed by atoms with E-state index in [9.17, 15) is 4.79 Å². The number of hydrogen-bond acceptors (Lipinski definition) is 3. The van der Waals surface area contributed by atoms with Gasteiger partial charge in [-0.25, -0.2) is 4.79 Å². The van der Waals surface area contributed by atoms with Gasteiger partial charge in [-0.3, -0.25) is 5.32 Å². The summed E-state index contributed by atoms with van der Waals surface area (Å²) >= 11 is 0. The van der Waals surface area contributed by atoms with E-state index in [1.54, 1.807) is 24.3 Å². The van der Waals surface area contributed by atoms with Crippen LogP contribution in [0.25, 0.3) is 0 Å². The summed E-state index contributed by atoms with van der Waals surface area (Å²) in [5.41, 5.74) is 6.78. The molecule has 0 unspecified atom stereocenters. The van der Waals surface area contributed by atoms with E-state index >= 15 is 0 Å². The number of amides is 1. The quantitative estimate of drug-likeness (QED) is 0.568. The zero-order valence-corrected chi connectivity index (χ0v) is 7.69. The fraction of sp³-hybridized carbons (Fsp3) is 0.100. The van der Waals surface area contributed by atoms with Gasteiger partial charge in [0.15, 0.2) is 0 Å². The van der Waals surface area contributed by atoms with Crippen LogP contribution in [0.2, 0.25) is 0 Å². The maximum absolute atomic E-state index is 11.0. The summed E-state index contributed by atoms with van der Waals surface area (Å²) < 4.78 is 4.73. The highest BCUT2D eigenvalue weighted by Crippen LogP contribution is 2.10. The number of nitrogens with two attached hydrogens (primary N) is 1. The van der Waals surface area contributed by atoms with Crippen LogP contribution in [0.4, 0.5) is 16.2 Å². The predicted octanol–water partition coefficient (Wildman–Crippen LogP) is 2.00. The molecular weight excluding hydrogens is 180 g/mol. The number of carbonyl (C=O) groups excluding carboxylic acids is 1. The lowest BCUT2D eigenvalue weighted by Gasteiger charge is -2.04. The zero-order chi connectivity index (χ0) is 10.4. The second-order valence-electron chi connectivity index (χ2n) is 2.63. The molecule has 0 atom stereocenters. The number of carbonyl (C=O) groups is 1. The average Bonchev–Trinajstić information content (AvgIpc) is 2.18. The normalized spacial score (nSPS) is 9.14. The second-order valence-corrected chi connectivity index (χ2v) is 2.63. The standard InChI is InChI=1S/C10H12N2O2/c1-2-7-14-10(13)12-9-5-3-8(11)4-6-9/h2-6H,1,7,11H2,(H,12,13). The van der Waals surface area contributed by atoms with Gasteiger partial charge in [0, 0.05) is 11.4 Å². The van der Waals surface area contributed by atoms with Gasteiger partial charge in [0.25, 0.3) is 0 Å². The third kappa shape index (κ3) is 3.18. The van der Waals surface area contributed by atoms with Crippen molar-refractivity contribution in [2.45, 2.75) is 0 Å². The van der Waals surface area contributed by atoms with Crippen molar-refractivity contribution in [1.29, 1.82) is 0 Å². The Labute approximate surface area is 82.4 Å². The van der Waals surface area contributed by atoms with Gasteiger partial charge in [-0.1, -0.05) is 12.7 Å². The smallest absolute Gasteiger partial charge is 0.411 e. The number of rotatable bonds is 3. The summed E-state index contributed by atoms with van der Waals surface area (Å²) in [6.45, 7) is 3.62. The molecule has 14 heavy (non-hydrogen) atoms. The van der Waals surface area contributed by atoms with Crippen LogP contribution in [0.5, 0.6) is 0 Å². The topological polar surface area (TPSA) is 64.3 Å². The van der Waals surface area contributed by atoms with Gasteiger partial charge < -0.3 is 10.5 Å². The summed E-state index contributed by atoms with van der Waals surface area (Å²) in [5, 5.41) is 2.54. The molecule has 0 aliphatic heterocycles. The Bertz CT molecular complexity index is 319. The minimum absolute atomic E-state index is 0.195. The molecule has 0 aromatic heterocycles. The van der Waals surface area contributed by atoms with Crippen LogP contribution in [-0.4, -0.2) is 12.7 Å². The van der Waals surface area contributed by atoms with Crippen LogP contribution in [-0.2, 0) is 4.74 Å². The Kier molecular flexibility index (Phi) is 3.55. The van der Waals surface area contributed by atoms with Crippen LogP contribution >= 0.6 is 0 Å². The molecule has 3 N–H and O–H groups in total. The van der Waals surface area contributed by atoms with Gasteiger partial charge in [0.1, 0.15) is 6.61 Å². The molecule has 0 aliphatic rings. The summed E-state index contributed by atoms with van der Waals surface area (Å²) in [5.74, 6) is 0. The molecular formula is C10H12N2O2. The summed E-state index contributed by atoms with van der Waals surface area (Å²) in [4.78, 5) is 11.0. The van der Waals surface area contributed by atoms with Gasteiger partial charge >= 0.3 is 6.09 Å². The van der Waals surface area contributed by atoms with Crippen molar-refractivity contribution < 1.29 is 9.53 Å². The van der Waals surface area contributed by atoms with Gasteiger partial charge in [-0.2, -0.15) is 0 Å². The summed E-state index contributed by atoms with van der Waals surface area (Å²) in [6.07, 6.45) is 0.998. The number of ether oxygens (including phenoxy) is 1. The van der Waals surface area contributed by atoms with Gasteiger partial charge in [0.05, 0.1) is 0 Å². The molecule has 0 aliphatic carbocycles. The first-order valence-electron chi connectivity index (χ1n) is 4.12. The lowest BCUT2D eigenvalue weighted by atomic mass is 10.3. The number of nitrogens with one attached hydrogen (secondary N) is 1. The Balaban J connectivity index is 2.47. The van der Waals surface area contributed by atoms with Gasteiger partial charge in [-0.05, 0) is 24.3 Å². The molecule has 0 saturated carbocycles. The first-order valence-corrected chi connectivity index (χ1v) is 4.12. The Morgan fingerprint density at radius 1 is 1.50 bits per heavy atom. The molecule has 74 valence electrons. The van der Waals surface area contributed by atoms with Crippen molar-refractivity contribution in [2.24, 2.45) is 0 Å². The highest BCUT2D eigenvalue weighted by atomic mass is 16.5. The van der Waals surface area contributed by atoms with Crippen LogP contribution in [0, 0.1) is 0 Å². The van der Waals surface area contributed by atoms with E-state index in [2.05, 4.69) is 11.9 Å². The SMILES string of the molecule is C=CCOC(=O)Nc1ccc(N)cc1. The third-order valence-electron chi connectivity index (χ3n) is 1.49. The van der Waals surface area contributed by atoms with Crippen molar-refractivity contribution >= 4 is 17.5 Å². The van der Waals surface area contributed by atoms with E-state index in [-0.39, 0.29) is 6.61 Å². The van der Waals surface area contributed by atoms with Crippen LogP contribution in [0.15, 0.2) is 36.9 Å². The minimum Gasteiger partial charge on any atom is -0.445 e. The highest BCUT2D eigenvalue weighted by molar-refractivity contribution is 5.84. The molecule has 0 spiro atoms. The first-order chi connectivity index (χ1) is 6.72. The zero-order valence-electron chi connectivity index (χ0n) is 7.69. The number of nitrogen functional groups attached to an aromatic ring is 1. The fourth-order valence-corrected chi connectivity index (χ4v) is 0.855. The largest absolute Gasteiger partial charge is 0.445 e. The lowest BCUT2D eigenvalue weighted by Crippen LogP contribution is -2.13. The molecule has 1 aromatic carbocycles. The van der Waals surface area contributed by atoms with E-state index < -0.39 is 6.09 Å². The molecule has 4 heteroatoms. The molecule has 4 nitrogen and oxygen atoms in total. The minimum atomic E-state index is -0.505. The maximum Gasteiger partial charge on any atom is 0.411 e. The summed E-state index contributed by atoms with van der Waals surface area (Å²) in [7, 11) is 0. The second kappa shape index (κ2) is 4.91. The Hall–Kier alpha value is -1.97. The van der Waals surface area contributed by atoms with E-state index in [1.165, 1.54) is 6.08 Å². The first kappa shape index (κ1) is 10.1. The predicted molar refractivity (Wildman–Crippen MR) is 56.0 cm³/mol. The molecule has 0 fully saturated rings. The highest BCUT2D eigenvalue weighted by Gasteiger charge is 2.00. The third-order valence-corrected chi connectivity index (χ3v) is 1.49. The number of benzene rings is 1. The maximum atomic E-state index is 11.0. The van der Waals surface area contributed by atoms with Crippen molar-refractivity contribution in [3.63, 3.8) is 0 Å². The van der Waals surface area contributed by atoms with E-state index in [1.807, 2.05) is 0 Å². The molecule has 0 heterocycles. The molecule has 1 amide bonds. The number of anilines is 2. The molecule has 1 aromatic rings. The van der Waals surface area contributed by atoms with Crippen molar-refractivity contribution in [3.05, 3.63) is 36.9 Å². The van der Waals surface area contributed by atoms with Gasteiger partial charge in [0.2, 0.25) is 0 Å². The van der Waals surface area contributed by atoms with Crippen molar-refractivity contribution in [1.82, 2.24) is 0 Å². The Morgan fingerprint density at radius 2 is 2.14 bits per heavy atom. The van der Waals surface area contributed by atoms with Crippen molar-refractivity contribution in [2.75, 3.05) is 17.7 Å². The fourth-order valence-electron chi connectivity index (χ4n) is 0.855. The van der Waals surface area contributed by atoms with Crippen LogP contribution in [0.1, 0.15) is 0 Å². The van der Waals surface area contributed by atoms with E-state index in [0.717, 1.165) is 0 Å². The van der Waals surface area contributed by atoms with Gasteiger partial charge in [-0.15, -0.1) is 0 Å².